The molecule has 0 radical (unpaired) electrons. The lowest BCUT2D eigenvalue weighted by atomic mass is 10.2. The van der Waals surface area contributed by atoms with E-state index in [0.29, 0.717) is 18.9 Å². The van der Waals surface area contributed by atoms with Crippen molar-refractivity contribution in [2.24, 2.45) is 0 Å². The lowest BCUT2D eigenvalue weighted by Crippen LogP contribution is -2.49. The highest BCUT2D eigenvalue weighted by Gasteiger charge is 2.23. The zero-order valence-electron chi connectivity index (χ0n) is 16.9. The van der Waals surface area contributed by atoms with Gasteiger partial charge in [-0.25, -0.2) is 4.68 Å². The Hall–Kier alpha value is -2.87. The summed E-state index contributed by atoms with van der Waals surface area (Å²) in [6.07, 6.45) is 2.03. The number of benzene rings is 1. The van der Waals surface area contributed by atoms with Crippen LogP contribution in [-0.4, -0.2) is 63.2 Å². The number of aryl methyl sites for hydroxylation is 2. The van der Waals surface area contributed by atoms with E-state index >= 15 is 0 Å². The highest BCUT2D eigenvalue weighted by atomic mass is 32.2. The molecule has 0 unspecified atom stereocenters. The molecule has 0 N–H and O–H groups in total. The molecule has 3 heterocycles. The zero-order chi connectivity index (χ0) is 20.4. The van der Waals surface area contributed by atoms with Crippen molar-refractivity contribution >= 4 is 23.5 Å². The lowest BCUT2D eigenvalue weighted by molar-refractivity contribution is 0.0746. The average Bonchev–Trinajstić information content (AvgIpc) is 3.11. The van der Waals surface area contributed by atoms with Crippen LogP contribution in [0.4, 0.5) is 5.82 Å². The molecule has 3 aromatic rings. The van der Waals surface area contributed by atoms with E-state index in [1.54, 1.807) is 16.4 Å². The van der Waals surface area contributed by atoms with Gasteiger partial charge in [-0.3, -0.25) is 4.79 Å². The Balaban J connectivity index is 1.39. The van der Waals surface area contributed by atoms with E-state index < -0.39 is 0 Å². The average molecular weight is 409 g/mol. The van der Waals surface area contributed by atoms with Gasteiger partial charge in [0.1, 0.15) is 0 Å². The summed E-state index contributed by atoms with van der Waals surface area (Å²) in [7, 11) is 0. The lowest BCUT2D eigenvalue weighted by Gasteiger charge is -2.35. The fourth-order valence-electron chi connectivity index (χ4n) is 3.52. The predicted octanol–water partition coefficient (Wildman–Crippen LogP) is 2.96. The number of carbonyl (C=O) groups excluding carboxylic acids is 1. The quantitative estimate of drug-likeness (QED) is 0.619. The van der Waals surface area contributed by atoms with E-state index in [4.69, 9.17) is 0 Å². The van der Waals surface area contributed by atoms with Crippen molar-refractivity contribution < 1.29 is 4.79 Å². The number of anilines is 1. The molecule has 1 amide bonds. The first-order valence-electron chi connectivity index (χ1n) is 9.61. The number of hydrogen-bond donors (Lipinski definition) is 0. The van der Waals surface area contributed by atoms with E-state index in [1.165, 1.54) is 0 Å². The minimum absolute atomic E-state index is 0.0864. The number of hydrogen-bond acceptors (Lipinski definition) is 6. The number of carbonyl (C=O) groups is 1. The van der Waals surface area contributed by atoms with Gasteiger partial charge in [-0.2, -0.15) is 5.10 Å². The van der Waals surface area contributed by atoms with Crippen LogP contribution in [0.5, 0.6) is 0 Å². The van der Waals surface area contributed by atoms with Crippen LogP contribution >= 0.6 is 11.8 Å². The normalized spacial score (nSPS) is 14.3. The van der Waals surface area contributed by atoms with Crippen molar-refractivity contribution in [3.8, 4) is 5.82 Å². The van der Waals surface area contributed by atoms with Crippen LogP contribution in [0.2, 0.25) is 0 Å². The number of amides is 1. The first kappa shape index (κ1) is 19.4. The minimum Gasteiger partial charge on any atom is -0.352 e. The maximum Gasteiger partial charge on any atom is 0.253 e. The Kier molecular flexibility index (Phi) is 5.53. The third-order valence-electron chi connectivity index (χ3n) is 5.09. The molecule has 29 heavy (non-hydrogen) atoms. The van der Waals surface area contributed by atoms with Crippen LogP contribution in [0.1, 0.15) is 21.7 Å². The maximum atomic E-state index is 12.7. The molecule has 0 saturated carbocycles. The van der Waals surface area contributed by atoms with Gasteiger partial charge in [0.25, 0.3) is 5.91 Å². The molecule has 150 valence electrons. The molecule has 0 spiro atoms. The Labute approximate surface area is 174 Å². The van der Waals surface area contributed by atoms with Crippen molar-refractivity contribution in [3.63, 3.8) is 0 Å². The van der Waals surface area contributed by atoms with Gasteiger partial charge in [-0.05, 0) is 62.6 Å². The zero-order valence-corrected chi connectivity index (χ0v) is 17.7. The maximum absolute atomic E-state index is 12.7. The van der Waals surface area contributed by atoms with E-state index in [0.717, 1.165) is 40.8 Å². The first-order chi connectivity index (χ1) is 14.0. The summed E-state index contributed by atoms with van der Waals surface area (Å²) in [5, 5.41) is 13.2. The van der Waals surface area contributed by atoms with Crippen LogP contribution in [-0.2, 0) is 0 Å². The number of thioether (sulfide) groups is 1. The van der Waals surface area contributed by atoms with E-state index in [9.17, 15) is 4.79 Å². The summed E-state index contributed by atoms with van der Waals surface area (Å²) < 4.78 is 1.80. The van der Waals surface area contributed by atoms with Gasteiger partial charge >= 0.3 is 0 Å². The Morgan fingerprint density at radius 1 is 0.931 bits per heavy atom. The first-order valence-corrected chi connectivity index (χ1v) is 10.8. The minimum atomic E-state index is 0.0864. The molecule has 1 aliphatic rings. The summed E-state index contributed by atoms with van der Waals surface area (Å²) >= 11 is 1.67. The van der Waals surface area contributed by atoms with Gasteiger partial charge in [0.15, 0.2) is 11.6 Å². The van der Waals surface area contributed by atoms with Gasteiger partial charge in [0.05, 0.1) is 5.69 Å². The van der Waals surface area contributed by atoms with Crippen LogP contribution in [0.3, 0.4) is 0 Å². The third-order valence-corrected chi connectivity index (χ3v) is 5.83. The number of piperazine rings is 1. The Bertz CT molecular complexity index is 991. The second kappa shape index (κ2) is 8.24. The van der Waals surface area contributed by atoms with Gasteiger partial charge in [0.2, 0.25) is 0 Å². The van der Waals surface area contributed by atoms with Gasteiger partial charge < -0.3 is 9.80 Å². The summed E-state index contributed by atoms with van der Waals surface area (Å²) in [4.78, 5) is 18.0. The smallest absolute Gasteiger partial charge is 0.253 e. The van der Waals surface area contributed by atoms with Crippen molar-refractivity contribution in [3.05, 3.63) is 59.4 Å². The molecule has 1 fully saturated rings. The topological polar surface area (TPSA) is 67.2 Å². The monoisotopic (exact) mass is 408 g/mol. The molecule has 2 aromatic heterocycles. The Morgan fingerprint density at radius 3 is 2.14 bits per heavy atom. The van der Waals surface area contributed by atoms with Gasteiger partial charge in [-0.1, -0.05) is 0 Å². The summed E-state index contributed by atoms with van der Waals surface area (Å²) in [6.45, 7) is 6.78. The van der Waals surface area contributed by atoms with Crippen molar-refractivity contribution in [2.45, 2.75) is 18.7 Å². The van der Waals surface area contributed by atoms with Crippen LogP contribution in [0, 0.1) is 13.8 Å². The summed E-state index contributed by atoms with van der Waals surface area (Å²) in [6, 6.07) is 13.7. The molecule has 4 rings (SSSR count). The fraction of sp³-hybridized carbons (Fsp3) is 0.333. The van der Waals surface area contributed by atoms with Crippen molar-refractivity contribution in [2.75, 3.05) is 37.3 Å². The molecular weight excluding hydrogens is 384 g/mol. The Morgan fingerprint density at radius 2 is 1.59 bits per heavy atom. The van der Waals surface area contributed by atoms with E-state index in [1.807, 2.05) is 67.5 Å². The molecule has 0 aliphatic carbocycles. The highest BCUT2D eigenvalue weighted by molar-refractivity contribution is 7.98. The molecule has 8 heteroatoms. The molecule has 0 atom stereocenters. The van der Waals surface area contributed by atoms with Gasteiger partial charge in [-0.15, -0.1) is 22.0 Å². The number of aromatic nitrogens is 4. The molecular formula is C21H24N6OS. The SMILES string of the molecule is CSc1ccc(C(=O)N2CCN(c3ccc(-n4nc(C)cc4C)nn3)CC2)cc1. The van der Waals surface area contributed by atoms with Gasteiger partial charge in [0, 0.05) is 42.3 Å². The van der Waals surface area contributed by atoms with E-state index in [-0.39, 0.29) is 5.91 Å². The molecule has 7 nitrogen and oxygen atoms in total. The predicted molar refractivity (Wildman–Crippen MR) is 115 cm³/mol. The molecule has 1 saturated heterocycles. The summed E-state index contributed by atoms with van der Waals surface area (Å²) in [5.41, 5.74) is 2.73. The second-order valence-electron chi connectivity index (χ2n) is 7.10. The van der Waals surface area contributed by atoms with Crippen LogP contribution in [0.15, 0.2) is 47.4 Å². The molecule has 1 aromatic carbocycles. The summed E-state index contributed by atoms with van der Waals surface area (Å²) in [5.74, 6) is 1.62. The third kappa shape index (κ3) is 4.12. The van der Waals surface area contributed by atoms with Crippen molar-refractivity contribution in [1.82, 2.24) is 24.9 Å². The molecule has 0 bridgehead atoms. The standard InChI is InChI=1S/C21H24N6OS/c1-15-14-16(2)27(24-15)20-9-8-19(22-23-20)25-10-12-26(13-11-25)21(28)17-4-6-18(29-3)7-5-17/h4-9,14H,10-13H2,1-3H3. The second-order valence-corrected chi connectivity index (χ2v) is 7.98. The van der Waals surface area contributed by atoms with E-state index in [2.05, 4.69) is 20.2 Å². The van der Waals surface area contributed by atoms with Crippen LogP contribution in [0.25, 0.3) is 5.82 Å². The largest absolute Gasteiger partial charge is 0.352 e. The fourth-order valence-corrected chi connectivity index (χ4v) is 3.92. The van der Waals surface area contributed by atoms with Crippen LogP contribution < -0.4 is 4.90 Å². The highest BCUT2D eigenvalue weighted by Crippen LogP contribution is 2.18. The molecule has 1 aliphatic heterocycles. The van der Waals surface area contributed by atoms with Crippen molar-refractivity contribution in [1.29, 1.82) is 0 Å². The number of nitrogens with zero attached hydrogens (tertiary/aromatic N) is 6. The number of rotatable bonds is 4.